The number of amides is 2. The molecule has 2 amide bonds. The highest BCUT2D eigenvalue weighted by Crippen LogP contribution is 2.27. The van der Waals surface area contributed by atoms with Crippen molar-refractivity contribution < 1.29 is 23.8 Å². The number of fused-ring (bicyclic) bond motifs is 1. The number of hydrogen-bond acceptors (Lipinski definition) is 6. The summed E-state index contributed by atoms with van der Waals surface area (Å²) in [5.41, 5.74) is 3.50. The zero-order chi connectivity index (χ0) is 22.2. The number of methoxy groups -OCH3 is 3. The van der Waals surface area contributed by atoms with Crippen molar-refractivity contribution in [2.45, 2.75) is 0 Å². The zero-order valence-electron chi connectivity index (χ0n) is 17.5. The van der Waals surface area contributed by atoms with E-state index in [0.717, 1.165) is 16.3 Å². The van der Waals surface area contributed by atoms with E-state index < -0.39 is 11.8 Å². The molecule has 0 saturated carbocycles. The van der Waals surface area contributed by atoms with Crippen LogP contribution < -0.4 is 25.0 Å². The van der Waals surface area contributed by atoms with Crippen molar-refractivity contribution in [3.05, 3.63) is 65.7 Å². The molecular weight excluding hydrogens is 398 g/mol. The number of carbonyl (C=O) groups excluding carboxylic acids is 2. The molecule has 0 atom stereocenters. The first kappa shape index (κ1) is 21.6. The zero-order valence-corrected chi connectivity index (χ0v) is 17.5. The molecule has 8 heteroatoms. The minimum absolute atomic E-state index is 0.239. The van der Waals surface area contributed by atoms with E-state index in [2.05, 4.69) is 15.8 Å². The van der Waals surface area contributed by atoms with Crippen molar-refractivity contribution in [1.29, 1.82) is 0 Å². The van der Waals surface area contributed by atoms with Gasteiger partial charge in [0, 0.05) is 11.1 Å². The van der Waals surface area contributed by atoms with Gasteiger partial charge in [-0.25, -0.2) is 5.43 Å². The first-order valence-electron chi connectivity index (χ1n) is 9.45. The summed E-state index contributed by atoms with van der Waals surface area (Å²) in [4.78, 5) is 24.4. The van der Waals surface area contributed by atoms with Gasteiger partial charge in [-0.15, -0.1) is 0 Å². The number of benzene rings is 3. The average molecular weight is 421 g/mol. The van der Waals surface area contributed by atoms with Crippen molar-refractivity contribution in [3.63, 3.8) is 0 Å². The Morgan fingerprint density at radius 1 is 0.903 bits per heavy atom. The summed E-state index contributed by atoms with van der Waals surface area (Å²) in [6.45, 7) is -0.239. The van der Waals surface area contributed by atoms with Gasteiger partial charge in [-0.2, -0.15) is 5.10 Å². The topological polar surface area (TPSA) is 98.2 Å². The monoisotopic (exact) mass is 421 g/mol. The largest absolute Gasteiger partial charge is 0.496 e. The van der Waals surface area contributed by atoms with Gasteiger partial charge < -0.3 is 19.5 Å². The van der Waals surface area contributed by atoms with Crippen LogP contribution in [-0.2, 0) is 4.79 Å². The maximum Gasteiger partial charge on any atom is 0.259 e. The van der Waals surface area contributed by atoms with E-state index in [-0.39, 0.29) is 6.54 Å². The number of rotatable bonds is 8. The molecule has 0 heterocycles. The second-order valence-corrected chi connectivity index (χ2v) is 6.45. The maximum absolute atomic E-state index is 12.3. The van der Waals surface area contributed by atoms with Crippen LogP contribution in [0.15, 0.2) is 59.7 Å². The number of hydrogen-bond donors (Lipinski definition) is 2. The van der Waals surface area contributed by atoms with Crippen molar-refractivity contribution in [2.24, 2.45) is 5.10 Å². The van der Waals surface area contributed by atoms with E-state index in [4.69, 9.17) is 14.2 Å². The SMILES string of the molecule is COc1ccc(C(=O)NCC(=O)NN=Cc2c(OC)ccc3ccccc23)cc1OC. The summed E-state index contributed by atoms with van der Waals surface area (Å²) in [6.07, 6.45) is 1.52. The highest BCUT2D eigenvalue weighted by atomic mass is 16.5. The molecule has 0 fully saturated rings. The van der Waals surface area contributed by atoms with Crippen LogP contribution in [0.3, 0.4) is 0 Å². The number of nitrogens with one attached hydrogen (secondary N) is 2. The quantitative estimate of drug-likeness (QED) is 0.431. The molecule has 0 saturated heterocycles. The van der Waals surface area contributed by atoms with Crippen molar-refractivity contribution >= 4 is 28.8 Å². The molecule has 3 rings (SSSR count). The summed E-state index contributed by atoms with van der Waals surface area (Å²) >= 11 is 0. The Morgan fingerprint density at radius 3 is 2.35 bits per heavy atom. The first-order chi connectivity index (χ1) is 15.1. The van der Waals surface area contributed by atoms with Crippen LogP contribution in [0.1, 0.15) is 15.9 Å². The molecular formula is C23H23N3O5. The van der Waals surface area contributed by atoms with Gasteiger partial charge in [0.25, 0.3) is 11.8 Å². The highest BCUT2D eigenvalue weighted by Gasteiger charge is 2.12. The molecule has 8 nitrogen and oxygen atoms in total. The third-order valence-electron chi connectivity index (χ3n) is 4.59. The van der Waals surface area contributed by atoms with Crippen molar-refractivity contribution in [1.82, 2.24) is 10.7 Å². The van der Waals surface area contributed by atoms with Crippen LogP contribution in [-0.4, -0.2) is 45.9 Å². The predicted octanol–water partition coefficient (Wildman–Crippen LogP) is 2.75. The van der Waals surface area contributed by atoms with Crippen LogP contribution in [0.5, 0.6) is 17.2 Å². The van der Waals surface area contributed by atoms with Gasteiger partial charge >= 0.3 is 0 Å². The van der Waals surface area contributed by atoms with Gasteiger partial charge in [-0.3, -0.25) is 9.59 Å². The third-order valence-corrected chi connectivity index (χ3v) is 4.59. The molecule has 0 aliphatic rings. The molecule has 0 aliphatic heterocycles. The van der Waals surface area contributed by atoms with Crippen molar-refractivity contribution in [2.75, 3.05) is 27.9 Å². The third kappa shape index (κ3) is 5.11. The molecule has 3 aromatic rings. The van der Waals surface area contributed by atoms with Crippen LogP contribution in [0, 0.1) is 0 Å². The lowest BCUT2D eigenvalue weighted by Crippen LogP contribution is -2.34. The Balaban J connectivity index is 1.62. The molecule has 31 heavy (non-hydrogen) atoms. The Hall–Kier alpha value is -4.07. The van der Waals surface area contributed by atoms with Gasteiger partial charge in [0.1, 0.15) is 5.75 Å². The summed E-state index contributed by atoms with van der Waals surface area (Å²) < 4.78 is 15.7. The molecule has 2 N–H and O–H groups in total. The van der Waals surface area contributed by atoms with E-state index >= 15 is 0 Å². The standard InChI is InChI=1S/C23H23N3O5/c1-29-19-10-8-15-6-4-5-7-17(15)18(19)13-25-26-22(27)14-24-23(28)16-9-11-20(30-2)21(12-16)31-3/h4-13H,14H2,1-3H3,(H,24,28)(H,26,27). The molecule has 0 radical (unpaired) electrons. The lowest BCUT2D eigenvalue weighted by atomic mass is 10.0. The van der Waals surface area contributed by atoms with Crippen LogP contribution in [0.25, 0.3) is 10.8 Å². The summed E-state index contributed by atoms with van der Waals surface area (Å²) in [5.74, 6) is 0.682. The number of ether oxygens (including phenoxy) is 3. The van der Waals surface area contributed by atoms with E-state index in [1.807, 2.05) is 36.4 Å². The molecule has 0 aliphatic carbocycles. The van der Waals surface area contributed by atoms with Crippen LogP contribution in [0.2, 0.25) is 0 Å². The fourth-order valence-electron chi connectivity index (χ4n) is 3.04. The van der Waals surface area contributed by atoms with E-state index in [9.17, 15) is 9.59 Å². The van der Waals surface area contributed by atoms with E-state index in [1.54, 1.807) is 19.2 Å². The van der Waals surface area contributed by atoms with Crippen LogP contribution in [0.4, 0.5) is 0 Å². The van der Waals surface area contributed by atoms with Gasteiger partial charge in [0.2, 0.25) is 0 Å². The second kappa shape index (κ2) is 10.1. The Bertz CT molecular complexity index is 1130. The molecule has 3 aromatic carbocycles. The Kier molecular flexibility index (Phi) is 7.05. The van der Waals surface area contributed by atoms with E-state index in [1.165, 1.54) is 26.5 Å². The lowest BCUT2D eigenvalue weighted by Gasteiger charge is -2.10. The average Bonchev–Trinajstić information content (AvgIpc) is 2.82. The van der Waals surface area contributed by atoms with Crippen LogP contribution >= 0.6 is 0 Å². The smallest absolute Gasteiger partial charge is 0.259 e. The summed E-state index contributed by atoms with van der Waals surface area (Å²) in [5, 5.41) is 8.52. The predicted molar refractivity (Wildman–Crippen MR) is 118 cm³/mol. The first-order valence-corrected chi connectivity index (χ1v) is 9.45. The number of carbonyl (C=O) groups is 2. The fourth-order valence-corrected chi connectivity index (χ4v) is 3.04. The highest BCUT2D eigenvalue weighted by molar-refractivity contribution is 6.03. The molecule has 0 bridgehead atoms. The van der Waals surface area contributed by atoms with Gasteiger partial charge in [-0.1, -0.05) is 30.3 Å². The second-order valence-electron chi connectivity index (χ2n) is 6.45. The number of hydrazone groups is 1. The molecule has 0 unspecified atom stereocenters. The molecule has 0 aromatic heterocycles. The number of nitrogens with zero attached hydrogens (tertiary/aromatic N) is 1. The minimum Gasteiger partial charge on any atom is -0.496 e. The lowest BCUT2D eigenvalue weighted by molar-refractivity contribution is -0.120. The van der Waals surface area contributed by atoms with Gasteiger partial charge in [0.05, 0.1) is 34.1 Å². The summed E-state index contributed by atoms with van der Waals surface area (Å²) in [6, 6.07) is 16.3. The molecule has 160 valence electrons. The van der Waals surface area contributed by atoms with Crippen molar-refractivity contribution in [3.8, 4) is 17.2 Å². The fraction of sp³-hybridized carbons (Fsp3) is 0.174. The molecule has 0 spiro atoms. The maximum atomic E-state index is 12.3. The normalized spacial score (nSPS) is 10.7. The Labute approximate surface area is 179 Å². The minimum atomic E-state index is -0.468. The Morgan fingerprint density at radius 2 is 1.61 bits per heavy atom. The van der Waals surface area contributed by atoms with E-state index in [0.29, 0.717) is 22.8 Å². The van der Waals surface area contributed by atoms with Gasteiger partial charge in [0.15, 0.2) is 11.5 Å². The van der Waals surface area contributed by atoms with Gasteiger partial charge in [-0.05, 0) is 35.0 Å². The summed E-state index contributed by atoms with van der Waals surface area (Å²) in [7, 11) is 4.57.